The van der Waals surface area contributed by atoms with Crippen LogP contribution in [0.15, 0.2) is 12.1 Å². The van der Waals surface area contributed by atoms with E-state index in [1.54, 1.807) is 0 Å². The summed E-state index contributed by atoms with van der Waals surface area (Å²) in [5.41, 5.74) is 1.97. The van der Waals surface area contributed by atoms with Crippen LogP contribution in [0, 0.1) is 11.8 Å². The molecule has 1 unspecified atom stereocenters. The van der Waals surface area contributed by atoms with Gasteiger partial charge in [0.15, 0.2) is 0 Å². The van der Waals surface area contributed by atoms with Crippen LogP contribution in [0.5, 0.6) is 11.5 Å². The highest BCUT2D eigenvalue weighted by atomic mass is 16.5. The van der Waals surface area contributed by atoms with E-state index in [1.807, 2.05) is 12.1 Å². The van der Waals surface area contributed by atoms with E-state index in [-0.39, 0.29) is 0 Å². The predicted molar refractivity (Wildman–Crippen MR) is 94.8 cm³/mol. The van der Waals surface area contributed by atoms with Gasteiger partial charge in [-0.1, -0.05) is 53.9 Å². The Morgan fingerprint density at radius 3 is 2.05 bits per heavy atom. The minimum absolute atomic E-state index is 0.444. The van der Waals surface area contributed by atoms with Gasteiger partial charge >= 0.3 is 0 Å². The zero-order valence-corrected chi connectivity index (χ0v) is 15.1. The molecular weight excluding hydrogens is 272 g/mol. The fourth-order valence-electron chi connectivity index (χ4n) is 2.75. The molecule has 0 aliphatic carbocycles. The quantitative estimate of drug-likeness (QED) is 0.596. The lowest BCUT2D eigenvalue weighted by Gasteiger charge is -2.15. The van der Waals surface area contributed by atoms with Crippen LogP contribution in [0.2, 0.25) is 0 Å². The Morgan fingerprint density at radius 2 is 1.55 bits per heavy atom. The van der Waals surface area contributed by atoms with Crippen molar-refractivity contribution >= 4 is 0 Å². The summed E-state index contributed by atoms with van der Waals surface area (Å²) in [6, 6.07) is 3.97. The van der Waals surface area contributed by atoms with Crippen LogP contribution in [0.3, 0.4) is 0 Å². The van der Waals surface area contributed by atoms with Crippen molar-refractivity contribution in [3.63, 3.8) is 0 Å². The summed E-state index contributed by atoms with van der Waals surface area (Å²) >= 11 is 0. The SMILES string of the molecule is CCc1cc(OCCC(C)CCCC(C)C)cc(CC)c1O. The average Bonchev–Trinajstić information content (AvgIpc) is 2.48. The largest absolute Gasteiger partial charge is 0.507 e. The summed E-state index contributed by atoms with van der Waals surface area (Å²) in [5, 5.41) is 10.1. The maximum Gasteiger partial charge on any atom is 0.122 e. The van der Waals surface area contributed by atoms with Crippen molar-refractivity contribution in [2.75, 3.05) is 6.61 Å². The molecule has 1 N–H and O–H groups in total. The number of hydrogen-bond donors (Lipinski definition) is 1. The molecule has 1 rings (SSSR count). The van der Waals surface area contributed by atoms with Crippen molar-refractivity contribution in [1.82, 2.24) is 0 Å². The summed E-state index contributed by atoms with van der Waals surface area (Å²) in [4.78, 5) is 0. The van der Waals surface area contributed by atoms with Crippen LogP contribution >= 0.6 is 0 Å². The average molecular weight is 306 g/mol. The van der Waals surface area contributed by atoms with Crippen molar-refractivity contribution in [2.45, 2.75) is 73.1 Å². The maximum atomic E-state index is 10.1. The van der Waals surface area contributed by atoms with Crippen LogP contribution in [0.1, 0.15) is 71.4 Å². The number of aromatic hydroxyl groups is 1. The Kier molecular flexibility index (Phi) is 8.37. The van der Waals surface area contributed by atoms with E-state index in [9.17, 15) is 5.11 Å². The van der Waals surface area contributed by atoms with E-state index in [0.717, 1.165) is 48.7 Å². The fourth-order valence-corrected chi connectivity index (χ4v) is 2.75. The summed E-state index contributed by atoms with van der Waals surface area (Å²) < 4.78 is 5.93. The lowest BCUT2D eigenvalue weighted by atomic mass is 9.98. The van der Waals surface area contributed by atoms with Gasteiger partial charge in [0.25, 0.3) is 0 Å². The molecule has 0 amide bonds. The second-order valence-electron chi connectivity index (χ2n) is 6.86. The van der Waals surface area contributed by atoms with Gasteiger partial charge in [-0.3, -0.25) is 0 Å². The van der Waals surface area contributed by atoms with Gasteiger partial charge in [-0.25, -0.2) is 0 Å². The normalized spacial score (nSPS) is 12.6. The second-order valence-corrected chi connectivity index (χ2v) is 6.86. The van der Waals surface area contributed by atoms with E-state index < -0.39 is 0 Å². The molecule has 0 aliphatic rings. The topological polar surface area (TPSA) is 29.5 Å². The number of benzene rings is 1. The van der Waals surface area contributed by atoms with Gasteiger partial charge in [-0.05, 0) is 54.4 Å². The molecule has 2 nitrogen and oxygen atoms in total. The minimum Gasteiger partial charge on any atom is -0.507 e. The molecule has 0 heterocycles. The Hall–Kier alpha value is -1.18. The molecule has 0 saturated heterocycles. The zero-order valence-electron chi connectivity index (χ0n) is 15.1. The molecule has 0 aliphatic heterocycles. The molecule has 126 valence electrons. The van der Waals surface area contributed by atoms with E-state index in [1.165, 1.54) is 19.3 Å². The summed E-state index contributed by atoms with van der Waals surface area (Å²) in [6.07, 6.45) is 6.70. The van der Waals surface area contributed by atoms with E-state index in [0.29, 0.717) is 11.7 Å². The molecule has 2 heteroatoms. The van der Waals surface area contributed by atoms with Gasteiger partial charge in [0.1, 0.15) is 11.5 Å². The van der Waals surface area contributed by atoms with Gasteiger partial charge in [0, 0.05) is 0 Å². The molecule has 0 fully saturated rings. The van der Waals surface area contributed by atoms with Crippen LogP contribution < -0.4 is 4.74 Å². The molecule has 1 aromatic rings. The monoisotopic (exact) mass is 306 g/mol. The third kappa shape index (κ3) is 6.29. The van der Waals surface area contributed by atoms with Crippen molar-refractivity contribution in [2.24, 2.45) is 11.8 Å². The molecule has 0 bridgehead atoms. The lowest BCUT2D eigenvalue weighted by Crippen LogP contribution is -2.05. The van der Waals surface area contributed by atoms with Crippen LogP contribution in [0.4, 0.5) is 0 Å². The lowest BCUT2D eigenvalue weighted by molar-refractivity contribution is 0.275. The standard InChI is InChI=1S/C20H34O2/c1-6-17-13-19(14-18(7-2)20(17)21)22-12-11-16(5)10-8-9-15(3)4/h13-16,21H,6-12H2,1-5H3. The number of rotatable bonds is 10. The van der Waals surface area contributed by atoms with E-state index in [4.69, 9.17) is 4.74 Å². The van der Waals surface area contributed by atoms with E-state index >= 15 is 0 Å². The zero-order chi connectivity index (χ0) is 16.5. The number of phenols is 1. The Labute approximate surface area is 136 Å². The Bertz CT molecular complexity index is 412. The highest BCUT2D eigenvalue weighted by Crippen LogP contribution is 2.29. The number of phenolic OH excluding ortho intramolecular Hbond substituents is 1. The predicted octanol–water partition coefficient (Wildman–Crippen LogP) is 5.75. The molecule has 1 aromatic carbocycles. The summed E-state index contributed by atoms with van der Waals surface area (Å²) in [6.45, 7) is 11.8. The van der Waals surface area contributed by atoms with E-state index in [2.05, 4.69) is 34.6 Å². The van der Waals surface area contributed by atoms with Gasteiger partial charge in [-0.15, -0.1) is 0 Å². The van der Waals surface area contributed by atoms with Gasteiger partial charge in [0.2, 0.25) is 0 Å². The highest BCUT2D eigenvalue weighted by Gasteiger charge is 2.09. The fraction of sp³-hybridized carbons (Fsp3) is 0.700. The molecule has 22 heavy (non-hydrogen) atoms. The molecule has 1 atom stereocenters. The minimum atomic E-state index is 0.444. The first-order valence-electron chi connectivity index (χ1n) is 8.95. The third-order valence-corrected chi connectivity index (χ3v) is 4.36. The van der Waals surface area contributed by atoms with Gasteiger partial charge in [0.05, 0.1) is 6.61 Å². The first-order valence-corrected chi connectivity index (χ1v) is 8.95. The van der Waals surface area contributed by atoms with Gasteiger partial charge < -0.3 is 9.84 Å². The van der Waals surface area contributed by atoms with Crippen molar-refractivity contribution in [1.29, 1.82) is 0 Å². The van der Waals surface area contributed by atoms with Crippen molar-refractivity contribution < 1.29 is 9.84 Å². The van der Waals surface area contributed by atoms with Crippen molar-refractivity contribution in [3.8, 4) is 11.5 Å². The molecular formula is C20H34O2. The van der Waals surface area contributed by atoms with Crippen LogP contribution in [-0.2, 0) is 12.8 Å². The number of ether oxygens (including phenoxy) is 1. The van der Waals surface area contributed by atoms with Crippen molar-refractivity contribution in [3.05, 3.63) is 23.3 Å². The maximum absolute atomic E-state index is 10.1. The molecule has 0 saturated carbocycles. The Balaban J connectivity index is 2.44. The van der Waals surface area contributed by atoms with Crippen LogP contribution in [-0.4, -0.2) is 11.7 Å². The summed E-state index contributed by atoms with van der Waals surface area (Å²) in [7, 11) is 0. The highest BCUT2D eigenvalue weighted by molar-refractivity contribution is 5.46. The smallest absolute Gasteiger partial charge is 0.122 e. The second kappa shape index (κ2) is 9.76. The van der Waals surface area contributed by atoms with Crippen LogP contribution in [0.25, 0.3) is 0 Å². The molecule has 0 radical (unpaired) electrons. The van der Waals surface area contributed by atoms with Gasteiger partial charge in [-0.2, -0.15) is 0 Å². The Morgan fingerprint density at radius 1 is 0.955 bits per heavy atom. The first-order chi connectivity index (χ1) is 10.5. The third-order valence-electron chi connectivity index (χ3n) is 4.36. The summed E-state index contributed by atoms with van der Waals surface area (Å²) in [5.74, 6) is 2.87. The number of aryl methyl sites for hydroxylation is 2. The molecule has 0 spiro atoms. The first kappa shape index (κ1) is 18.9. The number of hydrogen-bond acceptors (Lipinski definition) is 2. The molecule has 0 aromatic heterocycles.